The van der Waals surface area contributed by atoms with E-state index in [-0.39, 0.29) is 24.7 Å². The third-order valence-corrected chi connectivity index (χ3v) is 3.63. The normalized spacial score (nSPS) is 21.3. The molecule has 1 fully saturated rings. The molecule has 0 bridgehead atoms. The summed E-state index contributed by atoms with van der Waals surface area (Å²) in [4.78, 5) is 11.2. The Balaban J connectivity index is 1.59. The van der Waals surface area contributed by atoms with Crippen LogP contribution in [0.4, 0.5) is 14.5 Å². The summed E-state index contributed by atoms with van der Waals surface area (Å²) >= 11 is 0. The number of rotatable bonds is 3. The van der Waals surface area contributed by atoms with Crippen LogP contribution in [0.5, 0.6) is 5.75 Å². The second kappa shape index (κ2) is 4.47. The average molecular weight is 267 g/mol. The molecule has 1 aromatic carbocycles. The van der Waals surface area contributed by atoms with Gasteiger partial charge in [0.2, 0.25) is 11.8 Å². The van der Waals surface area contributed by atoms with Gasteiger partial charge in [0.15, 0.2) is 0 Å². The summed E-state index contributed by atoms with van der Waals surface area (Å²) in [5.41, 5.74) is 1.86. The van der Waals surface area contributed by atoms with Gasteiger partial charge in [-0.1, -0.05) is 0 Å². The number of amides is 1. The summed E-state index contributed by atoms with van der Waals surface area (Å²) in [7, 11) is 0. The molecule has 2 aliphatic rings. The van der Waals surface area contributed by atoms with Crippen LogP contribution in [0.2, 0.25) is 0 Å². The summed E-state index contributed by atoms with van der Waals surface area (Å²) in [5, 5.41) is 2.79. The monoisotopic (exact) mass is 267 g/mol. The molecule has 102 valence electrons. The summed E-state index contributed by atoms with van der Waals surface area (Å²) in [6.07, 6.45) is 1.02. The molecule has 0 aromatic heterocycles. The summed E-state index contributed by atoms with van der Waals surface area (Å²) in [5.74, 6) is -1.83. The molecule has 1 N–H and O–H groups in total. The van der Waals surface area contributed by atoms with Crippen LogP contribution in [0.3, 0.4) is 0 Å². The second-order valence-electron chi connectivity index (χ2n) is 5.31. The van der Waals surface area contributed by atoms with Crippen LogP contribution in [0.15, 0.2) is 18.2 Å². The summed E-state index contributed by atoms with van der Waals surface area (Å²) in [6, 6.07) is 5.45. The van der Waals surface area contributed by atoms with Crippen molar-refractivity contribution in [2.45, 2.75) is 31.6 Å². The van der Waals surface area contributed by atoms with Crippen LogP contribution in [-0.2, 0) is 11.2 Å². The van der Waals surface area contributed by atoms with Gasteiger partial charge in [-0.3, -0.25) is 4.79 Å². The first-order valence-electron chi connectivity index (χ1n) is 6.45. The van der Waals surface area contributed by atoms with E-state index in [2.05, 4.69) is 5.32 Å². The van der Waals surface area contributed by atoms with Crippen LogP contribution in [0.25, 0.3) is 0 Å². The number of fused-ring (bicyclic) bond motifs is 1. The van der Waals surface area contributed by atoms with Crippen LogP contribution >= 0.6 is 0 Å². The lowest BCUT2D eigenvalue weighted by Gasteiger charge is -2.34. The highest BCUT2D eigenvalue weighted by Crippen LogP contribution is 2.42. The molecule has 5 heteroatoms. The molecule has 1 aliphatic carbocycles. The zero-order valence-corrected chi connectivity index (χ0v) is 10.4. The number of carbonyl (C=O) groups is 1. The van der Waals surface area contributed by atoms with Crippen molar-refractivity contribution >= 4 is 11.6 Å². The number of ether oxygens (including phenoxy) is 1. The van der Waals surface area contributed by atoms with E-state index < -0.39 is 5.92 Å². The number of alkyl halides is 2. The van der Waals surface area contributed by atoms with Crippen LogP contribution < -0.4 is 10.1 Å². The largest absolute Gasteiger partial charge is 0.493 e. The number of hydrogen-bond donors (Lipinski definition) is 1. The standard InChI is InChI=1S/C14H15F2NO2/c15-14(16)6-9(7-14)8-19-11-2-3-12-10(5-11)1-4-13(18)17-12/h2-3,5,9H,1,4,6-8H2,(H,17,18). The maximum Gasteiger partial charge on any atom is 0.248 e. The number of nitrogens with one attached hydrogen (secondary N) is 1. The van der Waals surface area contributed by atoms with Gasteiger partial charge in [-0.05, 0) is 30.2 Å². The highest BCUT2D eigenvalue weighted by molar-refractivity contribution is 5.93. The molecule has 1 heterocycles. The molecular weight excluding hydrogens is 252 g/mol. The Morgan fingerprint density at radius 3 is 2.84 bits per heavy atom. The second-order valence-corrected chi connectivity index (χ2v) is 5.31. The quantitative estimate of drug-likeness (QED) is 0.914. The van der Waals surface area contributed by atoms with Crippen LogP contribution in [0, 0.1) is 5.92 Å². The molecule has 1 aromatic rings. The van der Waals surface area contributed by atoms with Gasteiger partial charge in [0.05, 0.1) is 6.61 Å². The fourth-order valence-corrected chi connectivity index (χ4v) is 2.57. The Bertz CT molecular complexity index is 508. The number of anilines is 1. The van der Waals surface area contributed by atoms with Crippen LogP contribution in [-0.4, -0.2) is 18.4 Å². The van der Waals surface area contributed by atoms with Crippen molar-refractivity contribution in [2.75, 3.05) is 11.9 Å². The minimum Gasteiger partial charge on any atom is -0.493 e. The molecule has 3 rings (SSSR count). The van der Waals surface area contributed by atoms with Gasteiger partial charge in [0.25, 0.3) is 0 Å². The van der Waals surface area contributed by atoms with Gasteiger partial charge in [0.1, 0.15) is 5.75 Å². The number of halogens is 2. The Morgan fingerprint density at radius 1 is 1.32 bits per heavy atom. The predicted octanol–water partition coefficient (Wildman–Crippen LogP) is 3.00. The molecule has 0 radical (unpaired) electrons. The fourth-order valence-electron chi connectivity index (χ4n) is 2.57. The van der Waals surface area contributed by atoms with E-state index >= 15 is 0 Å². The average Bonchev–Trinajstić information content (AvgIpc) is 2.33. The minimum atomic E-state index is -2.49. The number of carbonyl (C=O) groups excluding carboxylic acids is 1. The topological polar surface area (TPSA) is 38.3 Å². The van der Waals surface area contributed by atoms with Crippen molar-refractivity contribution in [3.8, 4) is 5.75 Å². The van der Waals surface area contributed by atoms with Gasteiger partial charge in [0, 0.05) is 30.9 Å². The van der Waals surface area contributed by atoms with E-state index in [1.54, 1.807) is 12.1 Å². The molecule has 0 spiro atoms. The first-order chi connectivity index (χ1) is 9.02. The maximum atomic E-state index is 12.7. The summed E-state index contributed by atoms with van der Waals surface area (Å²) in [6.45, 7) is 0.334. The van der Waals surface area contributed by atoms with Gasteiger partial charge >= 0.3 is 0 Å². The van der Waals surface area contributed by atoms with Crippen molar-refractivity contribution in [3.05, 3.63) is 23.8 Å². The van der Waals surface area contributed by atoms with E-state index in [9.17, 15) is 13.6 Å². The smallest absolute Gasteiger partial charge is 0.248 e. The van der Waals surface area contributed by atoms with E-state index in [0.29, 0.717) is 25.2 Å². The lowest BCUT2D eigenvalue weighted by Crippen LogP contribution is -2.38. The Hall–Kier alpha value is -1.65. The zero-order chi connectivity index (χ0) is 13.5. The van der Waals surface area contributed by atoms with Gasteiger partial charge in [-0.25, -0.2) is 8.78 Å². The predicted molar refractivity (Wildman–Crippen MR) is 66.6 cm³/mol. The Morgan fingerprint density at radius 2 is 2.11 bits per heavy atom. The van der Waals surface area contributed by atoms with Crippen molar-refractivity contribution in [3.63, 3.8) is 0 Å². The SMILES string of the molecule is O=C1CCc2cc(OCC3CC(F)(F)C3)ccc2N1. The van der Waals surface area contributed by atoms with E-state index in [4.69, 9.17) is 4.74 Å². The fraction of sp³-hybridized carbons (Fsp3) is 0.500. The van der Waals surface area contributed by atoms with Gasteiger partial charge in [-0.2, -0.15) is 0 Å². The highest BCUT2D eigenvalue weighted by atomic mass is 19.3. The molecule has 0 atom stereocenters. The van der Waals surface area contributed by atoms with Gasteiger partial charge < -0.3 is 10.1 Å². The molecule has 1 saturated carbocycles. The highest BCUT2D eigenvalue weighted by Gasteiger charge is 2.45. The van der Waals surface area contributed by atoms with E-state index in [0.717, 1.165) is 11.3 Å². The zero-order valence-electron chi connectivity index (χ0n) is 10.4. The number of benzene rings is 1. The minimum absolute atomic E-state index is 0.0258. The lowest BCUT2D eigenvalue weighted by molar-refractivity contribution is -0.119. The molecular formula is C14H15F2NO2. The Kier molecular flexibility index (Phi) is 2.92. The maximum absolute atomic E-state index is 12.7. The number of hydrogen-bond acceptors (Lipinski definition) is 2. The molecule has 1 aliphatic heterocycles. The first kappa shape index (κ1) is 12.4. The summed E-state index contributed by atoms with van der Waals surface area (Å²) < 4.78 is 30.9. The molecule has 19 heavy (non-hydrogen) atoms. The molecule has 0 saturated heterocycles. The Labute approximate surface area is 109 Å². The first-order valence-corrected chi connectivity index (χ1v) is 6.45. The molecule has 3 nitrogen and oxygen atoms in total. The van der Waals surface area contributed by atoms with E-state index in [1.807, 2.05) is 6.07 Å². The van der Waals surface area contributed by atoms with Crippen molar-refractivity contribution < 1.29 is 18.3 Å². The van der Waals surface area contributed by atoms with Crippen LogP contribution in [0.1, 0.15) is 24.8 Å². The van der Waals surface area contributed by atoms with E-state index in [1.165, 1.54) is 0 Å². The number of aryl methyl sites for hydroxylation is 1. The van der Waals surface area contributed by atoms with Crippen molar-refractivity contribution in [1.82, 2.24) is 0 Å². The third-order valence-electron chi connectivity index (χ3n) is 3.63. The third kappa shape index (κ3) is 2.69. The van der Waals surface area contributed by atoms with Crippen molar-refractivity contribution in [1.29, 1.82) is 0 Å². The van der Waals surface area contributed by atoms with Crippen molar-refractivity contribution in [2.24, 2.45) is 5.92 Å². The van der Waals surface area contributed by atoms with Gasteiger partial charge in [-0.15, -0.1) is 0 Å². The lowest BCUT2D eigenvalue weighted by atomic mass is 9.82. The molecule has 1 amide bonds. The molecule has 0 unspecified atom stereocenters.